The monoisotopic (exact) mass is 438 g/mol. The molecular weight excluding hydrogens is 415 g/mol. The lowest BCUT2D eigenvalue weighted by molar-refractivity contribution is 0.171. The summed E-state index contributed by atoms with van der Waals surface area (Å²) in [5.74, 6) is 1.69. The molecule has 2 aromatic carbocycles. The Bertz CT molecular complexity index is 816. The summed E-state index contributed by atoms with van der Waals surface area (Å²) in [6.45, 7) is 6.15. The number of halogens is 2. The summed E-state index contributed by atoms with van der Waals surface area (Å²) in [4.78, 5) is 3.41. The number of para-hydroxylation sites is 1. The molecule has 2 aromatic rings. The van der Waals surface area contributed by atoms with Crippen molar-refractivity contribution in [2.45, 2.75) is 29.5 Å². The summed E-state index contributed by atoms with van der Waals surface area (Å²) in [6.07, 6.45) is 1.00. The van der Waals surface area contributed by atoms with Gasteiger partial charge in [0.2, 0.25) is 0 Å². The van der Waals surface area contributed by atoms with Crippen LogP contribution in [0.15, 0.2) is 41.3 Å². The maximum absolute atomic E-state index is 6.45. The average molecular weight is 439 g/mol. The highest BCUT2D eigenvalue weighted by molar-refractivity contribution is 8.00. The Morgan fingerprint density at radius 3 is 2.68 bits per heavy atom. The van der Waals surface area contributed by atoms with Crippen molar-refractivity contribution in [2.75, 3.05) is 37.7 Å². The Kier molecular flexibility index (Phi) is 6.46. The first-order valence-corrected chi connectivity index (χ1v) is 11.3. The SMILES string of the molecule is CCC(Sc1c(Cl)cccc1Cl)C1CNCCN1c1cccc2c1OCCO2. The van der Waals surface area contributed by atoms with Gasteiger partial charge >= 0.3 is 0 Å². The van der Waals surface area contributed by atoms with Crippen LogP contribution in [0.4, 0.5) is 5.69 Å². The molecule has 2 aliphatic rings. The van der Waals surface area contributed by atoms with Gasteiger partial charge in [-0.05, 0) is 30.7 Å². The van der Waals surface area contributed by atoms with Crippen LogP contribution in [-0.4, -0.2) is 44.1 Å². The van der Waals surface area contributed by atoms with E-state index < -0.39 is 0 Å². The van der Waals surface area contributed by atoms with Gasteiger partial charge in [-0.2, -0.15) is 0 Å². The van der Waals surface area contributed by atoms with E-state index in [9.17, 15) is 0 Å². The minimum Gasteiger partial charge on any atom is -0.486 e. The molecule has 1 fully saturated rings. The number of piperazine rings is 1. The standard InChI is InChI=1S/C21H24Cl2N2O2S/c1-2-19(28-21-14(22)5-3-6-15(21)23)17-13-24-9-10-25(17)16-7-4-8-18-20(16)27-12-11-26-18/h3-8,17,19,24H,2,9-13H2,1H3. The van der Waals surface area contributed by atoms with Gasteiger partial charge < -0.3 is 19.7 Å². The maximum Gasteiger partial charge on any atom is 0.184 e. The molecule has 2 unspecified atom stereocenters. The highest BCUT2D eigenvalue weighted by Crippen LogP contribution is 2.44. The first-order chi connectivity index (χ1) is 13.7. The number of nitrogens with zero attached hydrogens (tertiary/aromatic N) is 1. The zero-order valence-electron chi connectivity index (χ0n) is 15.8. The number of hydrogen-bond acceptors (Lipinski definition) is 5. The van der Waals surface area contributed by atoms with Crippen molar-refractivity contribution in [3.63, 3.8) is 0 Å². The van der Waals surface area contributed by atoms with Gasteiger partial charge in [-0.15, -0.1) is 11.8 Å². The van der Waals surface area contributed by atoms with Gasteiger partial charge in [0.25, 0.3) is 0 Å². The second-order valence-electron chi connectivity index (χ2n) is 6.88. The van der Waals surface area contributed by atoms with E-state index in [0.717, 1.165) is 48.1 Å². The summed E-state index contributed by atoms with van der Waals surface area (Å²) in [5, 5.41) is 5.29. The van der Waals surface area contributed by atoms with Crippen molar-refractivity contribution in [2.24, 2.45) is 0 Å². The summed E-state index contributed by atoms with van der Waals surface area (Å²) in [6, 6.07) is 12.1. The van der Waals surface area contributed by atoms with Crippen LogP contribution in [0.3, 0.4) is 0 Å². The van der Waals surface area contributed by atoms with E-state index in [1.54, 1.807) is 11.8 Å². The second kappa shape index (κ2) is 9.04. The second-order valence-corrected chi connectivity index (χ2v) is 8.95. The van der Waals surface area contributed by atoms with Crippen molar-refractivity contribution in [1.29, 1.82) is 0 Å². The lowest BCUT2D eigenvalue weighted by atomic mass is 10.1. The number of anilines is 1. The summed E-state index contributed by atoms with van der Waals surface area (Å²) in [7, 11) is 0. The fourth-order valence-corrected chi connectivity index (χ4v) is 5.72. The fourth-order valence-electron chi connectivity index (χ4n) is 3.82. The molecule has 28 heavy (non-hydrogen) atoms. The largest absolute Gasteiger partial charge is 0.486 e. The Balaban J connectivity index is 1.65. The first-order valence-electron chi connectivity index (χ1n) is 9.65. The molecule has 0 radical (unpaired) electrons. The number of benzene rings is 2. The molecule has 0 spiro atoms. The third-order valence-corrected chi connectivity index (χ3v) is 7.64. The number of ether oxygens (including phenoxy) is 2. The topological polar surface area (TPSA) is 33.7 Å². The van der Waals surface area contributed by atoms with Crippen LogP contribution in [0.1, 0.15) is 13.3 Å². The van der Waals surface area contributed by atoms with E-state index in [2.05, 4.69) is 23.2 Å². The van der Waals surface area contributed by atoms with Crippen LogP contribution in [0, 0.1) is 0 Å². The molecular formula is C21H24Cl2N2O2S. The molecule has 2 atom stereocenters. The third-order valence-electron chi connectivity index (χ3n) is 5.16. The molecule has 4 nitrogen and oxygen atoms in total. The van der Waals surface area contributed by atoms with E-state index in [4.69, 9.17) is 32.7 Å². The number of fused-ring (bicyclic) bond motifs is 1. The molecule has 2 aliphatic heterocycles. The Morgan fingerprint density at radius 2 is 1.89 bits per heavy atom. The van der Waals surface area contributed by atoms with E-state index in [1.165, 1.54) is 0 Å². The first kappa shape index (κ1) is 20.0. The third kappa shape index (κ3) is 4.04. The van der Waals surface area contributed by atoms with Crippen LogP contribution in [0.2, 0.25) is 10.0 Å². The minimum atomic E-state index is 0.285. The number of nitrogens with one attached hydrogen (secondary N) is 1. The zero-order chi connectivity index (χ0) is 19.5. The van der Waals surface area contributed by atoms with E-state index >= 15 is 0 Å². The molecule has 150 valence electrons. The zero-order valence-corrected chi connectivity index (χ0v) is 18.1. The number of rotatable bonds is 5. The molecule has 1 N–H and O–H groups in total. The molecule has 0 bridgehead atoms. The smallest absolute Gasteiger partial charge is 0.184 e. The summed E-state index contributed by atoms with van der Waals surface area (Å²) >= 11 is 14.7. The molecule has 0 amide bonds. The minimum absolute atomic E-state index is 0.285. The quantitative estimate of drug-likeness (QED) is 0.655. The molecule has 4 rings (SSSR count). The van der Waals surface area contributed by atoms with Gasteiger partial charge in [-0.1, -0.05) is 42.3 Å². The normalized spacial score (nSPS) is 20.1. The number of thioether (sulfide) groups is 1. The summed E-state index contributed by atoms with van der Waals surface area (Å²) in [5.41, 5.74) is 1.10. The Hall–Kier alpha value is -1.27. The Labute approximate surface area is 180 Å². The average Bonchev–Trinajstić information content (AvgIpc) is 2.73. The lowest BCUT2D eigenvalue weighted by Gasteiger charge is -2.42. The summed E-state index contributed by atoms with van der Waals surface area (Å²) < 4.78 is 11.8. The van der Waals surface area contributed by atoms with Crippen LogP contribution >= 0.6 is 35.0 Å². The van der Waals surface area contributed by atoms with Crippen LogP contribution in [-0.2, 0) is 0 Å². The molecule has 1 saturated heterocycles. The van der Waals surface area contributed by atoms with E-state index in [0.29, 0.717) is 28.5 Å². The Morgan fingerprint density at radius 1 is 1.14 bits per heavy atom. The highest BCUT2D eigenvalue weighted by atomic mass is 35.5. The lowest BCUT2D eigenvalue weighted by Crippen LogP contribution is -2.55. The van der Waals surface area contributed by atoms with Gasteiger partial charge in [0.15, 0.2) is 11.5 Å². The van der Waals surface area contributed by atoms with Gasteiger partial charge in [-0.3, -0.25) is 0 Å². The molecule has 0 aromatic heterocycles. The highest BCUT2D eigenvalue weighted by Gasteiger charge is 2.33. The maximum atomic E-state index is 6.45. The predicted molar refractivity (Wildman–Crippen MR) is 118 cm³/mol. The fraction of sp³-hybridized carbons (Fsp3) is 0.429. The van der Waals surface area contributed by atoms with Crippen LogP contribution < -0.4 is 19.7 Å². The molecule has 0 saturated carbocycles. The van der Waals surface area contributed by atoms with Gasteiger partial charge in [-0.25, -0.2) is 0 Å². The molecule has 0 aliphatic carbocycles. The van der Waals surface area contributed by atoms with Crippen molar-refractivity contribution < 1.29 is 9.47 Å². The van der Waals surface area contributed by atoms with Crippen molar-refractivity contribution in [3.05, 3.63) is 46.4 Å². The van der Waals surface area contributed by atoms with Gasteiger partial charge in [0, 0.05) is 29.8 Å². The van der Waals surface area contributed by atoms with Gasteiger partial charge in [0.05, 0.1) is 21.8 Å². The van der Waals surface area contributed by atoms with E-state index in [1.807, 2.05) is 30.3 Å². The van der Waals surface area contributed by atoms with E-state index in [-0.39, 0.29) is 6.04 Å². The molecule has 2 heterocycles. The van der Waals surface area contributed by atoms with Crippen molar-refractivity contribution >= 4 is 40.7 Å². The van der Waals surface area contributed by atoms with Crippen molar-refractivity contribution in [3.8, 4) is 11.5 Å². The van der Waals surface area contributed by atoms with Crippen LogP contribution in [0.25, 0.3) is 0 Å². The predicted octanol–water partition coefficient (Wildman–Crippen LogP) is 5.11. The van der Waals surface area contributed by atoms with Gasteiger partial charge in [0.1, 0.15) is 13.2 Å². The molecule has 7 heteroatoms. The van der Waals surface area contributed by atoms with Crippen LogP contribution in [0.5, 0.6) is 11.5 Å². The van der Waals surface area contributed by atoms with Crippen molar-refractivity contribution in [1.82, 2.24) is 5.32 Å². The number of hydrogen-bond donors (Lipinski definition) is 1.